The van der Waals surface area contributed by atoms with Crippen molar-refractivity contribution in [3.63, 3.8) is 0 Å². The molecule has 2 aliphatic rings. The number of methoxy groups -OCH3 is 1. The van der Waals surface area contributed by atoms with Crippen molar-refractivity contribution in [2.75, 3.05) is 31.6 Å². The molecule has 3 aromatic heterocycles. The van der Waals surface area contributed by atoms with Gasteiger partial charge in [-0.2, -0.15) is 5.10 Å². The highest BCUT2D eigenvalue weighted by atomic mass is 16.5. The van der Waals surface area contributed by atoms with Crippen molar-refractivity contribution in [1.82, 2.24) is 40.5 Å². The molecule has 1 saturated carbocycles. The summed E-state index contributed by atoms with van der Waals surface area (Å²) in [6, 6.07) is 4.41. The van der Waals surface area contributed by atoms with Crippen LogP contribution in [0.25, 0.3) is 22.2 Å². The van der Waals surface area contributed by atoms with Crippen LogP contribution in [0.5, 0.6) is 5.75 Å². The van der Waals surface area contributed by atoms with Gasteiger partial charge in [0, 0.05) is 36.1 Å². The SMILES string of the molecule is COc1cc(-c2cn(Cc3cnc(N4CCCC(NCC5CCC5)C4)cn3)nn2)c2cn[nH]c2c1. The van der Waals surface area contributed by atoms with Crippen molar-refractivity contribution in [2.45, 2.75) is 44.7 Å². The van der Waals surface area contributed by atoms with Gasteiger partial charge in [0.05, 0.1) is 49.7 Å². The van der Waals surface area contributed by atoms with Gasteiger partial charge in [-0.05, 0) is 44.2 Å². The first-order chi connectivity index (χ1) is 17.2. The number of fused-ring (bicyclic) bond motifs is 1. The molecule has 35 heavy (non-hydrogen) atoms. The summed E-state index contributed by atoms with van der Waals surface area (Å²) in [5, 5.41) is 20.6. The van der Waals surface area contributed by atoms with Gasteiger partial charge in [0.2, 0.25) is 0 Å². The molecule has 6 rings (SSSR count). The molecule has 1 saturated heterocycles. The summed E-state index contributed by atoms with van der Waals surface area (Å²) < 4.78 is 7.21. The largest absolute Gasteiger partial charge is 0.497 e. The first-order valence-corrected chi connectivity index (χ1v) is 12.5. The van der Waals surface area contributed by atoms with Crippen LogP contribution in [0, 0.1) is 5.92 Å². The number of nitrogens with zero attached hydrogens (tertiary/aromatic N) is 7. The Balaban J connectivity index is 1.11. The molecule has 1 unspecified atom stereocenters. The zero-order valence-electron chi connectivity index (χ0n) is 20.0. The number of rotatable bonds is 8. The van der Waals surface area contributed by atoms with Gasteiger partial charge in [-0.3, -0.25) is 10.1 Å². The predicted molar refractivity (Wildman–Crippen MR) is 133 cm³/mol. The minimum Gasteiger partial charge on any atom is -0.497 e. The quantitative estimate of drug-likeness (QED) is 0.402. The first-order valence-electron chi connectivity index (χ1n) is 12.5. The smallest absolute Gasteiger partial charge is 0.147 e. The number of nitrogens with one attached hydrogen (secondary N) is 2. The van der Waals surface area contributed by atoms with Crippen LogP contribution < -0.4 is 15.0 Å². The number of hydrogen-bond donors (Lipinski definition) is 2. The molecular formula is C25H31N9O. The van der Waals surface area contributed by atoms with Crippen LogP contribution in [0.15, 0.2) is 36.9 Å². The molecule has 0 radical (unpaired) electrons. The summed E-state index contributed by atoms with van der Waals surface area (Å²) in [6.45, 7) is 3.69. The topological polar surface area (TPSA) is 110 Å². The van der Waals surface area contributed by atoms with Crippen molar-refractivity contribution in [1.29, 1.82) is 0 Å². The molecule has 4 aromatic rings. The summed E-state index contributed by atoms with van der Waals surface area (Å²) in [5.74, 6) is 2.57. The summed E-state index contributed by atoms with van der Waals surface area (Å²) >= 11 is 0. The van der Waals surface area contributed by atoms with Gasteiger partial charge >= 0.3 is 0 Å². The van der Waals surface area contributed by atoms with Gasteiger partial charge in [0.1, 0.15) is 17.3 Å². The van der Waals surface area contributed by atoms with Crippen LogP contribution >= 0.6 is 0 Å². The fraction of sp³-hybridized carbons (Fsp3) is 0.480. The number of piperidine rings is 1. The molecule has 2 fully saturated rings. The third-order valence-electron chi connectivity index (χ3n) is 7.26. The molecule has 1 aromatic carbocycles. The lowest BCUT2D eigenvalue weighted by Gasteiger charge is -2.35. The van der Waals surface area contributed by atoms with Gasteiger partial charge in [-0.1, -0.05) is 11.6 Å². The van der Waals surface area contributed by atoms with E-state index >= 15 is 0 Å². The van der Waals surface area contributed by atoms with Crippen LogP contribution in [0.1, 0.15) is 37.8 Å². The molecule has 10 heteroatoms. The average Bonchev–Trinajstić information content (AvgIpc) is 3.53. The van der Waals surface area contributed by atoms with Crippen molar-refractivity contribution in [3.05, 3.63) is 42.6 Å². The lowest BCUT2D eigenvalue weighted by molar-refractivity contribution is 0.280. The van der Waals surface area contributed by atoms with E-state index in [1.54, 1.807) is 18.0 Å². The third kappa shape index (κ3) is 4.70. The van der Waals surface area contributed by atoms with Crippen molar-refractivity contribution in [2.24, 2.45) is 5.92 Å². The maximum absolute atomic E-state index is 5.43. The maximum atomic E-state index is 5.43. The van der Waals surface area contributed by atoms with Gasteiger partial charge in [0.25, 0.3) is 0 Å². The summed E-state index contributed by atoms with van der Waals surface area (Å²) in [4.78, 5) is 11.7. The van der Waals surface area contributed by atoms with E-state index < -0.39 is 0 Å². The number of ether oxygens (including phenoxy) is 1. The van der Waals surface area contributed by atoms with Crippen LogP contribution in [0.4, 0.5) is 5.82 Å². The molecule has 1 aliphatic carbocycles. The number of aromatic amines is 1. The van der Waals surface area contributed by atoms with Crippen LogP contribution in [0.2, 0.25) is 0 Å². The predicted octanol–water partition coefficient (Wildman–Crippen LogP) is 3.03. The standard InChI is InChI=1S/C25H31N9O/c1-35-20-8-21(22-12-29-30-23(22)9-20)24-16-34(32-31-24)15-19-11-28-25(13-27-19)33-7-3-6-18(14-33)26-10-17-4-2-5-17/h8-9,11-13,16-18,26H,2-7,10,14-15H2,1H3,(H,29,30). The minimum absolute atomic E-state index is 0.504. The van der Waals surface area contributed by atoms with E-state index in [-0.39, 0.29) is 0 Å². The fourth-order valence-electron chi connectivity index (χ4n) is 4.99. The molecule has 0 bridgehead atoms. The third-order valence-corrected chi connectivity index (χ3v) is 7.26. The molecule has 182 valence electrons. The number of benzene rings is 1. The van der Waals surface area contributed by atoms with Gasteiger partial charge in [0.15, 0.2) is 0 Å². The monoisotopic (exact) mass is 473 g/mol. The van der Waals surface area contributed by atoms with E-state index in [1.807, 2.05) is 30.7 Å². The second kappa shape index (κ2) is 9.61. The zero-order valence-corrected chi connectivity index (χ0v) is 20.0. The Bertz CT molecular complexity index is 1280. The molecule has 1 atom stereocenters. The second-order valence-corrected chi connectivity index (χ2v) is 9.66. The van der Waals surface area contributed by atoms with E-state index in [2.05, 4.69) is 35.7 Å². The van der Waals surface area contributed by atoms with E-state index in [1.165, 1.54) is 32.1 Å². The van der Waals surface area contributed by atoms with E-state index in [4.69, 9.17) is 9.72 Å². The van der Waals surface area contributed by atoms with Gasteiger partial charge < -0.3 is 15.0 Å². The summed E-state index contributed by atoms with van der Waals surface area (Å²) in [7, 11) is 1.65. The van der Waals surface area contributed by atoms with Crippen molar-refractivity contribution in [3.8, 4) is 17.0 Å². The Kier molecular flexibility index (Phi) is 6.03. The lowest BCUT2D eigenvalue weighted by Crippen LogP contribution is -2.47. The Hall–Kier alpha value is -3.53. The summed E-state index contributed by atoms with van der Waals surface area (Å²) in [5.41, 5.74) is 3.43. The van der Waals surface area contributed by atoms with Crippen molar-refractivity contribution < 1.29 is 4.74 Å². The Morgan fingerprint density at radius 2 is 2.06 bits per heavy atom. The molecule has 1 aliphatic heterocycles. The average molecular weight is 474 g/mol. The Morgan fingerprint density at radius 1 is 1.11 bits per heavy atom. The van der Waals surface area contributed by atoms with Gasteiger partial charge in [-0.15, -0.1) is 5.10 Å². The normalized spacial score (nSPS) is 18.7. The minimum atomic E-state index is 0.504. The summed E-state index contributed by atoms with van der Waals surface area (Å²) in [6.07, 6.45) is 14.0. The van der Waals surface area contributed by atoms with E-state index in [0.717, 1.165) is 65.0 Å². The number of H-pyrrole nitrogens is 1. The van der Waals surface area contributed by atoms with Gasteiger partial charge in [-0.25, -0.2) is 9.67 Å². The molecule has 0 amide bonds. The highest BCUT2D eigenvalue weighted by Gasteiger charge is 2.23. The van der Waals surface area contributed by atoms with Crippen LogP contribution in [-0.4, -0.2) is 67.9 Å². The van der Waals surface area contributed by atoms with Crippen molar-refractivity contribution >= 4 is 16.7 Å². The number of hydrogen-bond acceptors (Lipinski definition) is 8. The first kappa shape index (κ1) is 22.0. The Morgan fingerprint density at radius 3 is 2.86 bits per heavy atom. The number of aromatic nitrogens is 7. The molecular weight excluding hydrogens is 442 g/mol. The van der Waals surface area contributed by atoms with Crippen LogP contribution in [0.3, 0.4) is 0 Å². The molecule has 10 nitrogen and oxygen atoms in total. The maximum Gasteiger partial charge on any atom is 0.147 e. The molecule has 4 heterocycles. The van der Waals surface area contributed by atoms with E-state index in [0.29, 0.717) is 12.6 Å². The molecule has 2 N–H and O–H groups in total. The second-order valence-electron chi connectivity index (χ2n) is 9.66. The lowest BCUT2D eigenvalue weighted by atomic mass is 9.85. The highest BCUT2D eigenvalue weighted by molar-refractivity contribution is 5.94. The zero-order chi connectivity index (χ0) is 23.6. The molecule has 0 spiro atoms. The van der Waals surface area contributed by atoms with Crippen LogP contribution in [-0.2, 0) is 6.54 Å². The van der Waals surface area contributed by atoms with E-state index in [9.17, 15) is 0 Å². The highest BCUT2D eigenvalue weighted by Crippen LogP contribution is 2.31. The Labute approximate surface area is 204 Å². The fourth-order valence-corrected chi connectivity index (χ4v) is 4.99. The number of anilines is 1.